The number of aryl methyl sites for hydroxylation is 2. The first-order chi connectivity index (χ1) is 16.6. The van der Waals surface area contributed by atoms with Crippen LogP contribution in [0.4, 0.5) is 0 Å². The van der Waals surface area contributed by atoms with Gasteiger partial charge in [-0.2, -0.15) is 0 Å². The highest BCUT2D eigenvalue weighted by Gasteiger charge is 2.32. The Morgan fingerprint density at radius 3 is 1.89 bits per heavy atom. The molecule has 0 aliphatic heterocycles. The average molecular weight is 514 g/mol. The van der Waals surface area contributed by atoms with E-state index in [1.807, 2.05) is 54.5 Å². The zero-order valence-corrected chi connectivity index (χ0v) is 25.1. The highest BCUT2D eigenvalue weighted by Crippen LogP contribution is 2.41. The van der Waals surface area contributed by atoms with Crippen LogP contribution >= 0.6 is 0 Å². The number of hydrogen-bond acceptors (Lipinski definition) is 3. The van der Waals surface area contributed by atoms with Gasteiger partial charge in [0.05, 0.1) is 15.7 Å². The van der Waals surface area contributed by atoms with Crippen LogP contribution in [0.5, 0.6) is 5.75 Å². The highest BCUT2D eigenvalue weighted by molar-refractivity contribution is 7.84. The van der Waals surface area contributed by atoms with Crippen molar-refractivity contribution in [3.63, 3.8) is 0 Å². The molecule has 200 valence electrons. The lowest BCUT2D eigenvalue weighted by Crippen LogP contribution is -2.34. The number of ether oxygens (including phenoxy) is 1. The zero-order chi connectivity index (χ0) is 27.5. The molecule has 0 bridgehead atoms. The molecule has 0 aliphatic carbocycles. The van der Waals surface area contributed by atoms with Crippen LogP contribution in [0.25, 0.3) is 0 Å². The molecule has 0 heterocycles. The van der Waals surface area contributed by atoms with E-state index in [9.17, 15) is 9.00 Å². The number of carbonyl (C=O) groups excluding carboxylic acids is 1. The van der Waals surface area contributed by atoms with Crippen LogP contribution in [0, 0.1) is 19.3 Å². The lowest BCUT2D eigenvalue weighted by molar-refractivity contribution is -0.132. The smallest absolute Gasteiger partial charge is 0.178 e. The Kier molecular flexibility index (Phi) is 9.75. The molecule has 0 radical (unpaired) electrons. The van der Waals surface area contributed by atoms with E-state index in [0.29, 0.717) is 6.54 Å². The van der Waals surface area contributed by atoms with E-state index in [1.165, 1.54) is 16.7 Å². The molecule has 0 aromatic heterocycles. The van der Waals surface area contributed by atoms with Crippen LogP contribution in [0.2, 0.25) is 0 Å². The Bertz CT molecular complexity index is 1090. The van der Waals surface area contributed by atoms with E-state index in [2.05, 4.69) is 62.7 Å². The standard InChI is InChI=1S/C31H47NO3S/c1-12-31(13-2,25-15-14-24(21(3)18-25)20-32-36(34)30(9,10)11)26-16-17-27(22(4)19-26)35-23(5)28(33)29(6,7)8/h14-19,23,32H,12-13,20H2,1-11H3. The summed E-state index contributed by atoms with van der Waals surface area (Å²) in [5, 5.41) is 0. The van der Waals surface area contributed by atoms with Gasteiger partial charge < -0.3 is 4.74 Å². The molecule has 0 fully saturated rings. The van der Waals surface area contributed by atoms with Crippen molar-refractivity contribution in [2.75, 3.05) is 0 Å². The molecule has 0 saturated heterocycles. The van der Waals surface area contributed by atoms with Gasteiger partial charge in [-0.3, -0.25) is 4.79 Å². The number of Topliss-reactive ketones (excluding diaryl/α,β-unsaturated/α-hetero) is 1. The van der Waals surface area contributed by atoms with Gasteiger partial charge in [0.25, 0.3) is 0 Å². The molecule has 5 heteroatoms. The Hall–Kier alpha value is -1.98. The second-order valence-corrected chi connectivity index (χ2v) is 14.0. The molecule has 2 aromatic rings. The largest absolute Gasteiger partial charge is 0.483 e. The van der Waals surface area contributed by atoms with Crippen LogP contribution in [-0.2, 0) is 27.7 Å². The number of nitrogens with one attached hydrogen (secondary N) is 1. The monoisotopic (exact) mass is 513 g/mol. The van der Waals surface area contributed by atoms with E-state index in [1.54, 1.807) is 0 Å². The predicted molar refractivity (Wildman–Crippen MR) is 153 cm³/mol. The molecule has 2 aromatic carbocycles. The Labute approximate surface area is 222 Å². The number of carbonyl (C=O) groups is 1. The van der Waals surface area contributed by atoms with Crippen LogP contribution in [-0.4, -0.2) is 20.8 Å². The van der Waals surface area contributed by atoms with Crippen LogP contribution in [0.3, 0.4) is 0 Å². The summed E-state index contributed by atoms with van der Waals surface area (Å²) in [5.41, 5.74) is 5.38. The molecule has 2 atom stereocenters. The van der Waals surface area contributed by atoms with Crippen molar-refractivity contribution in [2.24, 2.45) is 5.41 Å². The topological polar surface area (TPSA) is 55.4 Å². The van der Waals surface area contributed by atoms with Crippen LogP contribution in [0.15, 0.2) is 36.4 Å². The van der Waals surface area contributed by atoms with Gasteiger partial charge in [-0.05, 0) is 88.3 Å². The minimum absolute atomic E-state index is 0.0961. The quantitative estimate of drug-likeness (QED) is 0.361. The molecule has 36 heavy (non-hydrogen) atoms. The number of benzene rings is 2. The van der Waals surface area contributed by atoms with E-state index < -0.39 is 22.5 Å². The number of hydrogen-bond donors (Lipinski definition) is 1. The normalized spacial score (nSPS) is 14.4. The minimum atomic E-state index is -1.10. The highest BCUT2D eigenvalue weighted by atomic mass is 32.2. The maximum absolute atomic E-state index is 12.6. The lowest BCUT2D eigenvalue weighted by Gasteiger charge is -2.34. The first kappa shape index (κ1) is 30.2. The van der Waals surface area contributed by atoms with Crippen molar-refractivity contribution < 1.29 is 13.7 Å². The first-order valence-electron chi connectivity index (χ1n) is 13.1. The van der Waals surface area contributed by atoms with Gasteiger partial charge in [-0.15, -0.1) is 0 Å². The van der Waals surface area contributed by atoms with Gasteiger partial charge in [0.15, 0.2) is 11.9 Å². The molecule has 1 N–H and O–H groups in total. The maximum atomic E-state index is 12.6. The summed E-state index contributed by atoms with van der Waals surface area (Å²) in [6.45, 7) is 22.8. The van der Waals surface area contributed by atoms with Gasteiger partial charge in [0, 0.05) is 17.4 Å². The average Bonchev–Trinajstić information content (AvgIpc) is 2.79. The van der Waals surface area contributed by atoms with Crippen molar-refractivity contribution in [3.05, 3.63) is 64.2 Å². The van der Waals surface area contributed by atoms with Gasteiger partial charge in [-0.1, -0.05) is 65.0 Å². The molecule has 4 nitrogen and oxygen atoms in total. The third kappa shape index (κ3) is 6.86. The van der Waals surface area contributed by atoms with Gasteiger partial charge in [-0.25, -0.2) is 8.93 Å². The Morgan fingerprint density at radius 2 is 1.44 bits per heavy atom. The molecule has 2 unspecified atom stereocenters. The summed E-state index contributed by atoms with van der Waals surface area (Å²) in [4.78, 5) is 12.6. The predicted octanol–water partition coefficient (Wildman–Crippen LogP) is 7.34. The van der Waals surface area contributed by atoms with Crippen LogP contribution < -0.4 is 9.46 Å². The van der Waals surface area contributed by atoms with Gasteiger partial charge in [0.2, 0.25) is 0 Å². The molecular formula is C31H47NO3S. The maximum Gasteiger partial charge on any atom is 0.178 e. The fourth-order valence-electron chi connectivity index (χ4n) is 4.72. The van der Waals surface area contributed by atoms with Gasteiger partial charge >= 0.3 is 0 Å². The molecular weight excluding hydrogens is 466 g/mol. The zero-order valence-electron chi connectivity index (χ0n) is 24.3. The second kappa shape index (κ2) is 11.6. The Balaban J connectivity index is 2.35. The first-order valence-corrected chi connectivity index (χ1v) is 14.3. The fraction of sp³-hybridized carbons (Fsp3) is 0.581. The molecule has 2 rings (SSSR count). The van der Waals surface area contributed by atoms with E-state index in [0.717, 1.165) is 29.7 Å². The molecule has 0 spiro atoms. The summed E-state index contributed by atoms with van der Waals surface area (Å²) in [5.74, 6) is 0.855. The summed E-state index contributed by atoms with van der Waals surface area (Å²) >= 11 is 0. The third-order valence-corrected chi connectivity index (χ3v) is 8.71. The summed E-state index contributed by atoms with van der Waals surface area (Å²) in [7, 11) is -1.10. The van der Waals surface area contributed by atoms with E-state index in [-0.39, 0.29) is 15.9 Å². The Morgan fingerprint density at radius 1 is 0.917 bits per heavy atom. The molecule has 0 saturated carbocycles. The lowest BCUT2D eigenvalue weighted by atomic mass is 9.70. The van der Waals surface area contributed by atoms with Crippen molar-refractivity contribution in [2.45, 2.75) is 112 Å². The third-order valence-electron chi connectivity index (χ3n) is 7.19. The minimum Gasteiger partial charge on any atom is -0.483 e. The molecule has 0 aliphatic rings. The van der Waals surface area contributed by atoms with Crippen molar-refractivity contribution in [1.29, 1.82) is 0 Å². The SMILES string of the molecule is CCC(CC)(c1ccc(CNS(=O)C(C)(C)C)c(C)c1)c1ccc(OC(C)C(=O)C(C)(C)C)c(C)c1. The van der Waals surface area contributed by atoms with Crippen molar-refractivity contribution in [3.8, 4) is 5.75 Å². The van der Waals surface area contributed by atoms with Crippen molar-refractivity contribution >= 4 is 16.8 Å². The number of rotatable bonds is 10. The van der Waals surface area contributed by atoms with Gasteiger partial charge in [0.1, 0.15) is 5.75 Å². The second-order valence-electron chi connectivity index (χ2n) is 12.0. The fourth-order valence-corrected chi connectivity index (χ4v) is 5.44. The van der Waals surface area contributed by atoms with Crippen LogP contribution in [0.1, 0.15) is 103 Å². The van der Waals surface area contributed by atoms with E-state index >= 15 is 0 Å². The number of ketones is 1. The summed E-state index contributed by atoms with van der Waals surface area (Å²) in [6.07, 6.45) is 1.44. The summed E-state index contributed by atoms with van der Waals surface area (Å²) in [6, 6.07) is 13.1. The molecule has 0 amide bonds. The van der Waals surface area contributed by atoms with E-state index in [4.69, 9.17) is 4.74 Å². The van der Waals surface area contributed by atoms with Crippen molar-refractivity contribution in [1.82, 2.24) is 4.72 Å². The summed E-state index contributed by atoms with van der Waals surface area (Å²) < 4.78 is 21.4.